The molecular formula is C26H45NO5. The fourth-order valence-corrected chi connectivity index (χ4v) is 3.91. The Hall–Kier alpha value is -1.63. The Morgan fingerprint density at radius 2 is 1.38 bits per heavy atom. The molecule has 0 bridgehead atoms. The molecule has 0 spiro atoms. The number of unbranched alkanes of at least 4 members (excludes halogenated alkanes) is 14. The fourth-order valence-electron chi connectivity index (χ4n) is 3.91. The summed E-state index contributed by atoms with van der Waals surface area (Å²) >= 11 is 0. The first-order valence-electron chi connectivity index (χ1n) is 12.8. The third-order valence-electron chi connectivity index (χ3n) is 5.93. The Kier molecular flexibility index (Phi) is 16.8. The molecule has 184 valence electrons. The maximum atomic E-state index is 11.8. The molecule has 1 aromatic carbocycles. The number of carbonyl (C=O) groups excluding carboxylic acids is 1. The molecule has 0 aliphatic heterocycles. The molecule has 0 fully saturated rings. The third kappa shape index (κ3) is 14.4. The topological polar surface area (TPSA) is 94.3 Å². The summed E-state index contributed by atoms with van der Waals surface area (Å²) in [7, 11) is 0. The van der Waals surface area contributed by atoms with Gasteiger partial charge in [0.1, 0.15) is 0 Å². The number of hydrogen-bond donors (Lipinski definition) is 3. The van der Waals surface area contributed by atoms with Gasteiger partial charge in [-0.05, 0) is 18.1 Å². The molecule has 1 atom stereocenters. The van der Waals surface area contributed by atoms with Crippen molar-refractivity contribution in [2.45, 2.75) is 116 Å². The zero-order valence-corrected chi connectivity index (χ0v) is 20.1. The molecule has 0 radical (unpaired) electrons. The molecule has 6 heteroatoms. The van der Waals surface area contributed by atoms with Crippen LogP contribution in [0.2, 0.25) is 0 Å². The van der Waals surface area contributed by atoms with Gasteiger partial charge in [-0.3, -0.25) is 4.79 Å². The fraction of sp³-hybridized carbons (Fsp3) is 0.731. The number of phenols is 1. The third-order valence-corrected chi connectivity index (χ3v) is 5.93. The summed E-state index contributed by atoms with van der Waals surface area (Å²) in [5.41, 5.74) is 0.589. The van der Waals surface area contributed by atoms with Crippen LogP contribution in [0.4, 0.5) is 5.69 Å². The first-order valence-corrected chi connectivity index (χ1v) is 12.8. The predicted molar refractivity (Wildman–Crippen MR) is 128 cm³/mol. The Bertz CT molecular complexity index is 606. The van der Waals surface area contributed by atoms with Gasteiger partial charge in [0.15, 0.2) is 5.75 Å². The van der Waals surface area contributed by atoms with Crippen molar-refractivity contribution in [3.05, 3.63) is 29.0 Å². The molecule has 1 aromatic rings. The molecule has 0 aliphatic carbocycles. The van der Waals surface area contributed by atoms with Crippen molar-refractivity contribution < 1.29 is 25.1 Å². The van der Waals surface area contributed by atoms with E-state index in [1.807, 2.05) is 0 Å². The lowest BCUT2D eigenvalue weighted by molar-refractivity contribution is -0.991. The number of nitrogens with one attached hydrogen (secondary N) is 1. The highest BCUT2D eigenvalue weighted by molar-refractivity contribution is 5.69. The van der Waals surface area contributed by atoms with E-state index in [0.29, 0.717) is 12.8 Å². The van der Waals surface area contributed by atoms with Crippen molar-refractivity contribution in [2.24, 2.45) is 0 Å². The number of phenolic OH excluding ortho intramolecular Hbond substituents is 1. The van der Waals surface area contributed by atoms with Crippen molar-refractivity contribution in [2.75, 3.05) is 6.61 Å². The van der Waals surface area contributed by atoms with E-state index >= 15 is 0 Å². The predicted octanol–water partition coefficient (Wildman–Crippen LogP) is 6.14. The van der Waals surface area contributed by atoms with E-state index in [4.69, 9.17) is 9.94 Å². The second-order valence-corrected chi connectivity index (χ2v) is 8.83. The van der Waals surface area contributed by atoms with E-state index in [1.165, 1.54) is 95.6 Å². The van der Waals surface area contributed by atoms with Crippen LogP contribution in [-0.4, -0.2) is 22.9 Å². The van der Waals surface area contributed by atoms with Crippen LogP contribution >= 0.6 is 0 Å². The van der Waals surface area contributed by atoms with Crippen molar-refractivity contribution in [1.29, 1.82) is 0 Å². The highest BCUT2D eigenvalue weighted by atomic mass is 16.8. The highest BCUT2D eigenvalue weighted by Crippen LogP contribution is 2.20. The van der Waals surface area contributed by atoms with Gasteiger partial charge in [0, 0.05) is 18.9 Å². The van der Waals surface area contributed by atoms with Crippen molar-refractivity contribution in [3.63, 3.8) is 0 Å². The second-order valence-electron chi connectivity index (χ2n) is 8.83. The Labute approximate surface area is 194 Å². The van der Waals surface area contributed by atoms with Crippen LogP contribution in [0.15, 0.2) is 18.2 Å². The molecule has 0 aliphatic rings. The van der Waals surface area contributed by atoms with Crippen LogP contribution < -0.4 is 5.23 Å². The standard InChI is InChI=1S/C26H45NO5/c1-2-3-4-5-6-7-8-9-10-11-12-13-14-15-16-17-26(29)32-21-20-23-18-19-25(28)24(22-23)27(30)31/h18-19,22,27-28,30H,2-17,20-21H2,1H3. The van der Waals surface area contributed by atoms with Crippen LogP contribution in [-0.2, 0) is 16.0 Å². The number of ether oxygens (including phenoxy) is 1. The number of rotatable bonds is 20. The van der Waals surface area contributed by atoms with E-state index < -0.39 is 5.23 Å². The number of carbonyl (C=O) groups is 1. The summed E-state index contributed by atoms with van der Waals surface area (Å²) in [6, 6.07) is 4.42. The van der Waals surface area contributed by atoms with Gasteiger partial charge in [0.05, 0.1) is 6.61 Å². The minimum absolute atomic E-state index is 0.133. The van der Waals surface area contributed by atoms with Crippen molar-refractivity contribution >= 4 is 11.7 Å². The highest BCUT2D eigenvalue weighted by Gasteiger charge is 2.10. The quantitative estimate of drug-likeness (QED) is 0.0957. The van der Waals surface area contributed by atoms with E-state index in [9.17, 15) is 15.1 Å². The normalized spacial score (nSPS) is 12.1. The lowest BCUT2D eigenvalue weighted by atomic mass is 10.0. The van der Waals surface area contributed by atoms with Crippen LogP contribution in [0.25, 0.3) is 0 Å². The summed E-state index contributed by atoms with van der Waals surface area (Å²) in [5.74, 6) is -0.455. The lowest BCUT2D eigenvalue weighted by Gasteiger charge is -2.14. The van der Waals surface area contributed by atoms with Gasteiger partial charge in [-0.1, -0.05) is 103 Å². The van der Waals surface area contributed by atoms with E-state index in [0.717, 1.165) is 18.4 Å². The maximum absolute atomic E-state index is 11.8. The largest absolute Gasteiger partial charge is 0.595 e. The number of hydrogen-bond acceptors (Lipinski definition) is 5. The number of benzene rings is 1. The minimum Gasteiger partial charge on any atom is -0.595 e. The van der Waals surface area contributed by atoms with Crippen molar-refractivity contribution in [3.8, 4) is 5.75 Å². The second kappa shape index (κ2) is 18.9. The number of esters is 1. The van der Waals surface area contributed by atoms with E-state index in [2.05, 4.69) is 6.92 Å². The van der Waals surface area contributed by atoms with Gasteiger partial charge in [0.25, 0.3) is 0 Å². The summed E-state index contributed by atoms with van der Waals surface area (Å²) < 4.78 is 5.25. The molecule has 0 heterocycles. The molecule has 0 saturated heterocycles. The SMILES string of the molecule is CCCCCCCCCCCCCCCCCC(=O)OCCc1ccc(O)c([NH+]([O-])O)c1. The van der Waals surface area contributed by atoms with Gasteiger partial charge in [-0.2, -0.15) is 5.23 Å². The number of aromatic hydroxyl groups is 1. The van der Waals surface area contributed by atoms with Crippen LogP contribution in [0.1, 0.15) is 115 Å². The Morgan fingerprint density at radius 1 is 0.875 bits per heavy atom. The van der Waals surface area contributed by atoms with Gasteiger partial charge in [-0.25, -0.2) is 5.21 Å². The monoisotopic (exact) mass is 451 g/mol. The van der Waals surface area contributed by atoms with E-state index in [1.54, 1.807) is 6.07 Å². The Balaban J connectivity index is 1.90. The average Bonchev–Trinajstić information content (AvgIpc) is 2.77. The van der Waals surface area contributed by atoms with Crippen LogP contribution in [0.3, 0.4) is 0 Å². The molecule has 1 unspecified atom stereocenters. The van der Waals surface area contributed by atoms with Gasteiger partial charge in [-0.15, -0.1) is 0 Å². The zero-order valence-electron chi connectivity index (χ0n) is 20.1. The molecule has 3 N–H and O–H groups in total. The first-order chi connectivity index (χ1) is 15.5. The van der Waals surface area contributed by atoms with Gasteiger partial charge >= 0.3 is 5.97 Å². The van der Waals surface area contributed by atoms with Gasteiger partial charge in [0.2, 0.25) is 5.69 Å². The van der Waals surface area contributed by atoms with Crippen LogP contribution in [0, 0.1) is 5.21 Å². The summed E-state index contributed by atoms with van der Waals surface area (Å²) in [6.07, 6.45) is 20.3. The molecule has 32 heavy (non-hydrogen) atoms. The van der Waals surface area contributed by atoms with E-state index in [-0.39, 0.29) is 24.0 Å². The summed E-state index contributed by atoms with van der Waals surface area (Å²) in [5, 5.41) is 28.4. The molecule has 0 amide bonds. The summed E-state index contributed by atoms with van der Waals surface area (Å²) in [4.78, 5) is 11.8. The zero-order chi connectivity index (χ0) is 23.4. The molecular weight excluding hydrogens is 406 g/mol. The average molecular weight is 452 g/mol. The first kappa shape index (κ1) is 28.4. The Morgan fingerprint density at radius 3 is 1.88 bits per heavy atom. The van der Waals surface area contributed by atoms with Gasteiger partial charge < -0.3 is 15.1 Å². The van der Waals surface area contributed by atoms with Crippen molar-refractivity contribution in [1.82, 2.24) is 0 Å². The lowest BCUT2D eigenvalue weighted by Crippen LogP contribution is -2.99. The summed E-state index contributed by atoms with van der Waals surface area (Å²) in [6.45, 7) is 2.49. The number of quaternary nitrogens is 1. The molecule has 0 saturated carbocycles. The minimum atomic E-state index is -1.17. The van der Waals surface area contributed by atoms with Crippen LogP contribution in [0.5, 0.6) is 5.75 Å². The molecule has 1 rings (SSSR count). The molecule has 6 nitrogen and oxygen atoms in total. The smallest absolute Gasteiger partial charge is 0.305 e. The molecule has 0 aromatic heterocycles. The maximum Gasteiger partial charge on any atom is 0.305 e.